The first-order chi connectivity index (χ1) is 6.21. The topological polar surface area (TPSA) is 0 Å². The lowest BCUT2D eigenvalue weighted by atomic mass is 9.68. The molecule has 0 atom stereocenters. The van der Waals surface area contributed by atoms with Gasteiger partial charge in [-0.2, -0.15) is 0 Å². The van der Waals surface area contributed by atoms with E-state index in [1.54, 1.807) is 0 Å². The summed E-state index contributed by atoms with van der Waals surface area (Å²) in [6.45, 7) is 8.63. The van der Waals surface area contributed by atoms with Gasteiger partial charge in [0.2, 0.25) is 0 Å². The molecule has 0 aromatic heterocycles. The van der Waals surface area contributed by atoms with Crippen molar-refractivity contribution in [3.05, 3.63) is 24.3 Å². The van der Waals surface area contributed by atoms with Crippen LogP contribution in [0.5, 0.6) is 0 Å². The highest BCUT2D eigenvalue weighted by Crippen LogP contribution is 2.74. The van der Waals surface area contributed by atoms with Crippen LogP contribution in [0.4, 0.5) is 0 Å². The highest BCUT2D eigenvalue weighted by molar-refractivity contribution is 5.40. The van der Waals surface area contributed by atoms with E-state index in [4.69, 9.17) is 0 Å². The average Bonchev–Trinajstić information content (AvgIpc) is 2.67. The number of hydrogen-bond acceptors (Lipinski definition) is 0. The molecular weight excluding hydrogens is 156 g/mol. The summed E-state index contributed by atoms with van der Waals surface area (Å²) in [5, 5.41) is 0. The van der Waals surface area contributed by atoms with Crippen LogP contribution in [0.25, 0.3) is 0 Å². The normalized spacial score (nSPS) is 48.3. The molecule has 3 aliphatic carbocycles. The lowest BCUT2D eigenvalue weighted by Crippen LogP contribution is -2.28. The quantitative estimate of drug-likeness (QED) is 0.489. The molecule has 0 unspecified atom stereocenters. The summed E-state index contributed by atoms with van der Waals surface area (Å²) in [6, 6.07) is 0. The van der Waals surface area contributed by atoms with Gasteiger partial charge in [-0.15, -0.1) is 0 Å². The Morgan fingerprint density at radius 1 is 0.846 bits per heavy atom. The van der Waals surface area contributed by atoms with E-state index in [1.165, 1.54) is 56.1 Å². The molecule has 13 heavy (non-hydrogen) atoms. The van der Waals surface area contributed by atoms with Crippen molar-refractivity contribution in [3.63, 3.8) is 0 Å². The molecule has 0 bridgehead atoms. The van der Waals surface area contributed by atoms with Gasteiger partial charge in [-0.05, 0) is 43.9 Å². The van der Waals surface area contributed by atoms with Crippen LogP contribution in [-0.4, -0.2) is 0 Å². The fraction of sp³-hybridized carbons (Fsp3) is 0.692. The summed E-state index contributed by atoms with van der Waals surface area (Å²) >= 11 is 0. The summed E-state index contributed by atoms with van der Waals surface area (Å²) < 4.78 is 0. The molecule has 3 saturated carbocycles. The van der Waals surface area contributed by atoms with Crippen LogP contribution in [0.15, 0.2) is 24.3 Å². The fourth-order valence-electron chi connectivity index (χ4n) is 4.53. The van der Waals surface area contributed by atoms with Gasteiger partial charge in [-0.25, -0.2) is 0 Å². The highest BCUT2D eigenvalue weighted by Gasteiger charge is 2.63. The van der Waals surface area contributed by atoms with E-state index in [0.29, 0.717) is 10.8 Å². The third-order valence-corrected chi connectivity index (χ3v) is 5.13. The Bertz CT molecular complexity index is 275. The molecule has 0 spiro atoms. The second-order valence-corrected chi connectivity index (χ2v) is 5.25. The Labute approximate surface area is 80.7 Å². The van der Waals surface area contributed by atoms with E-state index in [9.17, 15) is 0 Å². The molecule has 0 N–H and O–H groups in total. The van der Waals surface area contributed by atoms with Gasteiger partial charge in [0.1, 0.15) is 0 Å². The number of allylic oxidation sites excluding steroid dienone is 2. The van der Waals surface area contributed by atoms with Gasteiger partial charge in [0.25, 0.3) is 0 Å². The highest BCUT2D eigenvalue weighted by atomic mass is 14.7. The van der Waals surface area contributed by atoms with Gasteiger partial charge in [0.15, 0.2) is 0 Å². The summed E-state index contributed by atoms with van der Waals surface area (Å²) in [5.41, 5.74) is 4.11. The molecule has 0 nitrogen and oxygen atoms in total. The van der Waals surface area contributed by atoms with E-state index in [-0.39, 0.29) is 0 Å². The molecule has 70 valence electrons. The molecule has 0 aliphatic heterocycles. The SMILES string of the molecule is C=C1CCC23CCCC12C(=C)CC3. The lowest BCUT2D eigenvalue weighted by molar-refractivity contribution is 0.213. The van der Waals surface area contributed by atoms with Crippen LogP contribution < -0.4 is 0 Å². The van der Waals surface area contributed by atoms with Gasteiger partial charge in [-0.1, -0.05) is 30.7 Å². The van der Waals surface area contributed by atoms with Gasteiger partial charge in [-0.3, -0.25) is 0 Å². The molecule has 0 saturated heterocycles. The minimum atomic E-state index is 0.424. The minimum absolute atomic E-state index is 0.424. The monoisotopic (exact) mass is 174 g/mol. The van der Waals surface area contributed by atoms with Crippen molar-refractivity contribution < 1.29 is 0 Å². The van der Waals surface area contributed by atoms with Gasteiger partial charge < -0.3 is 0 Å². The van der Waals surface area contributed by atoms with Crippen molar-refractivity contribution in [2.75, 3.05) is 0 Å². The Kier molecular flexibility index (Phi) is 1.27. The van der Waals surface area contributed by atoms with Crippen molar-refractivity contribution in [1.29, 1.82) is 0 Å². The summed E-state index contributed by atoms with van der Waals surface area (Å²) in [7, 11) is 0. The second kappa shape index (κ2) is 2.10. The van der Waals surface area contributed by atoms with Gasteiger partial charge in [0.05, 0.1) is 0 Å². The summed E-state index contributed by atoms with van der Waals surface area (Å²) in [6.07, 6.45) is 9.60. The van der Waals surface area contributed by atoms with Crippen LogP contribution in [0.2, 0.25) is 0 Å². The first-order valence-electron chi connectivity index (χ1n) is 5.58. The Hall–Kier alpha value is -0.520. The Morgan fingerprint density at radius 2 is 1.46 bits per heavy atom. The molecule has 0 aromatic rings. The maximum Gasteiger partial charge on any atom is 0.0171 e. The van der Waals surface area contributed by atoms with Crippen LogP contribution in [-0.2, 0) is 0 Å². The summed E-state index contributed by atoms with van der Waals surface area (Å²) in [5.74, 6) is 0. The lowest BCUT2D eigenvalue weighted by Gasteiger charge is -2.35. The molecule has 0 radical (unpaired) electrons. The van der Waals surface area contributed by atoms with Crippen molar-refractivity contribution in [1.82, 2.24) is 0 Å². The second-order valence-electron chi connectivity index (χ2n) is 5.25. The Balaban J connectivity index is 2.20. The molecule has 0 heterocycles. The van der Waals surface area contributed by atoms with Gasteiger partial charge >= 0.3 is 0 Å². The first kappa shape index (κ1) is 7.84. The van der Waals surface area contributed by atoms with E-state index < -0.39 is 0 Å². The van der Waals surface area contributed by atoms with Gasteiger partial charge in [0, 0.05) is 5.41 Å². The standard InChI is InChI=1S/C13H18/c1-10-4-8-12-6-3-7-13(10,12)11(2)5-9-12/h1-9H2. The van der Waals surface area contributed by atoms with Crippen LogP contribution in [0.1, 0.15) is 44.9 Å². The van der Waals surface area contributed by atoms with Crippen molar-refractivity contribution >= 4 is 0 Å². The van der Waals surface area contributed by atoms with Crippen molar-refractivity contribution in [2.24, 2.45) is 10.8 Å². The van der Waals surface area contributed by atoms with Crippen LogP contribution in [0, 0.1) is 10.8 Å². The van der Waals surface area contributed by atoms with Crippen molar-refractivity contribution in [3.8, 4) is 0 Å². The zero-order chi connectivity index (χ0) is 9.10. The number of hydrogen-bond donors (Lipinski definition) is 0. The smallest absolute Gasteiger partial charge is 0.0171 e. The third kappa shape index (κ3) is 0.630. The molecule has 0 amide bonds. The third-order valence-electron chi connectivity index (χ3n) is 5.13. The van der Waals surface area contributed by atoms with E-state index in [1.807, 2.05) is 0 Å². The molecule has 3 aliphatic rings. The first-order valence-corrected chi connectivity index (χ1v) is 5.58. The predicted molar refractivity (Wildman–Crippen MR) is 55.5 cm³/mol. The van der Waals surface area contributed by atoms with Crippen LogP contribution in [0.3, 0.4) is 0 Å². The zero-order valence-corrected chi connectivity index (χ0v) is 8.36. The predicted octanol–water partition coefficient (Wildman–Crippen LogP) is 3.84. The minimum Gasteiger partial charge on any atom is -0.0990 e. The average molecular weight is 174 g/mol. The zero-order valence-electron chi connectivity index (χ0n) is 8.36. The van der Waals surface area contributed by atoms with Crippen LogP contribution >= 0.6 is 0 Å². The number of rotatable bonds is 0. The Morgan fingerprint density at radius 3 is 2.00 bits per heavy atom. The molecule has 0 heteroatoms. The largest absolute Gasteiger partial charge is 0.0990 e. The molecule has 3 rings (SSSR count). The maximum atomic E-state index is 4.31. The molecule has 0 aromatic carbocycles. The van der Waals surface area contributed by atoms with E-state index >= 15 is 0 Å². The van der Waals surface area contributed by atoms with E-state index in [2.05, 4.69) is 13.2 Å². The summed E-state index contributed by atoms with van der Waals surface area (Å²) in [4.78, 5) is 0. The maximum absolute atomic E-state index is 4.31. The molecule has 3 fully saturated rings. The molecular formula is C13H18. The fourth-order valence-corrected chi connectivity index (χ4v) is 4.53. The van der Waals surface area contributed by atoms with E-state index in [0.717, 1.165) is 0 Å². The van der Waals surface area contributed by atoms with Crippen molar-refractivity contribution in [2.45, 2.75) is 44.9 Å².